The molecule has 1 aromatic carbocycles. The second-order valence-electron chi connectivity index (χ2n) is 9.01. The fourth-order valence-electron chi connectivity index (χ4n) is 5.76. The lowest BCUT2D eigenvalue weighted by Gasteiger charge is -2.42. The Balaban J connectivity index is 1.72. The lowest BCUT2D eigenvalue weighted by Crippen LogP contribution is -2.39. The van der Waals surface area contributed by atoms with Crippen molar-refractivity contribution >= 4 is 23.4 Å². The maximum Gasteiger partial charge on any atom is 0.233 e. The first-order chi connectivity index (χ1) is 14.7. The monoisotopic (exact) mass is 417 g/mol. The molecule has 4 aliphatic rings. The quantitative estimate of drug-likeness (QED) is 0.431. The number of carbonyl (C=O) groups is 4. The van der Waals surface area contributed by atoms with Crippen LogP contribution in [0.5, 0.6) is 5.75 Å². The number of phenols is 1. The summed E-state index contributed by atoms with van der Waals surface area (Å²) >= 11 is 0. The minimum atomic E-state index is -0.512. The molecule has 1 aliphatic heterocycles. The number of rotatable bonds is 1. The van der Waals surface area contributed by atoms with E-state index in [1.807, 2.05) is 12.1 Å². The standard InChI is InChI=1S/C25H23NO5/c1-11-8-13(4-7-18(11)27)20-14-5-6-15-21(25(31)26(3)24(15)30)16(14)10-17-19(28)9-12(2)23(29)22(17)20/h4-5,7-9,15-16,20-21,27H,6,10H2,1-3H3. The Morgan fingerprint density at radius 2 is 1.77 bits per heavy atom. The number of allylic oxidation sites excluding steroid dienone is 6. The molecule has 1 heterocycles. The van der Waals surface area contributed by atoms with E-state index in [1.54, 1.807) is 26.0 Å². The van der Waals surface area contributed by atoms with Gasteiger partial charge in [-0.3, -0.25) is 24.1 Å². The molecule has 31 heavy (non-hydrogen) atoms. The summed E-state index contributed by atoms with van der Waals surface area (Å²) in [5.41, 5.74) is 3.73. The average molecular weight is 417 g/mol. The highest BCUT2D eigenvalue weighted by atomic mass is 16.3. The van der Waals surface area contributed by atoms with Gasteiger partial charge in [0.1, 0.15) is 5.75 Å². The minimum Gasteiger partial charge on any atom is -0.508 e. The first kappa shape index (κ1) is 19.7. The van der Waals surface area contributed by atoms with Gasteiger partial charge in [0.2, 0.25) is 11.8 Å². The van der Waals surface area contributed by atoms with Gasteiger partial charge in [0.25, 0.3) is 0 Å². The first-order valence-corrected chi connectivity index (χ1v) is 10.5. The highest BCUT2D eigenvalue weighted by molar-refractivity contribution is 6.23. The summed E-state index contributed by atoms with van der Waals surface area (Å²) in [5, 5.41) is 10.0. The van der Waals surface area contributed by atoms with Gasteiger partial charge in [-0.15, -0.1) is 0 Å². The summed E-state index contributed by atoms with van der Waals surface area (Å²) in [6, 6.07) is 5.20. The molecule has 6 nitrogen and oxygen atoms in total. The van der Waals surface area contributed by atoms with E-state index in [4.69, 9.17) is 0 Å². The summed E-state index contributed by atoms with van der Waals surface area (Å²) in [6.45, 7) is 3.43. The Bertz CT molecular complexity index is 1180. The Labute approximate surface area is 179 Å². The van der Waals surface area contributed by atoms with Crippen LogP contribution in [-0.4, -0.2) is 40.4 Å². The second-order valence-corrected chi connectivity index (χ2v) is 9.01. The van der Waals surface area contributed by atoms with Crippen molar-refractivity contribution in [1.29, 1.82) is 0 Å². The lowest BCUT2D eigenvalue weighted by molar-refractivity contribution is -0.138. The van der Waals surface area contributed by atoms with Crippen LogP contribution in [0.2, 0.25) is 0 Å². The van der Waals surface area contributed by atoms with Gasteiger partial charge in [-0.1, -0.05) is 23.8 Å². The molecule has 3 aliphatic carbocycles. The van der Waals surface area contributed by atoms with Crippen molar-refractivity contribution < 1.29 is 24.3 Å². The Morgan fingerprint density at radius 3 is 2.48 bits per heavy atom. The molecular formula is C25H23NO5. The average Bonchev–Trinajstić information content (AvgIpc) is 2.97. The van der Waals surface area contributed by atoms with E-state index < -0.39 is 17.8 Å². The summed E-state index contributed by atoms with van der Waals surface area (Å²) in [7, 11) is 1.51. The van der Waals surface area contributed by atoms with Crippen molar-refractivity contribution in [3.63, 3.8) is 0 Å². The SMILES string of the molecule is CC1=CC(=O)C2=C(C1=O)C(c1ccc(O)c(C)c1)C1=CCC3C(=O)N(C)C(=O)C3C1C2. The van der Waals surface area contributed by atoms with Crippen LogP contribution >= 0.6 is 0 Å². The molecule has 0 aromatic heterocycles. The van der Waals surface area contributed by atoms with Gasteiger partial charge in [-0.25, -0.2) is 0 Å². The molecule has 0 radical (unpaired) electrons. The number of ketones is 2. The Hall–Kier alpha value is -3.28. The summed E-state index contributed by atoms with van der Waals surface area (Å²) in [4.78, 5) is 53.0. The third-order valence-corrected chi connectivity index (χ3v) is 7.34. The fraction of sp³-hybridized carbons (Fsp3) is 0.360. The van der Waals surface area contributed by atoms with Crippen molar-refractivity contribution in [3.8, 4) is 5.75 Å². The lowest BCUT2D eigenvalue weighted by atomic mass is 9.59. The predicted molar refractivity (Wildman–Crippen MR) is 112 cm³/mol. The van der Waals surface area contributed by atoms with Gasteiger partial charge in [0.15, 0.2) is 11.6 Å². The number of benzene rings is 1. The Morgan fingerprint density at radius 1 is 1.03 bits per heavy atom. The van der Waals surface area contributed by atoms with E-state index >= 15 is 0 Å². The number of Topliss-reactive ketones (excluding diaryl/α,β-unsaturated/α-hetero) is 1. The van der Waals surface area contributed by atoms with E-state index in [0.29, 0.717) is 28.7 Å². The van der Waals surface area contributed by atoms with Crippen molar-refractivity contribution in [2.75, 3.05) is 7.05 Å². The van der Waals surface area contributed by atoms with Crippen LogP contribution in [0.25, 0.3) is 0 Å². The predicted octanol–water partition coefficient (Wildman–Crippen LogP) is 2.76. The summed E-state index contributed by atoms with van der Waals surface area (Å²) in [6.07, 6.45) is 4.11. The van der Waals surface area contributed by atoms with E-state index in [1.165, 1.54) is 18.0 Å². The molecule has 1 aromatic rings. The third kappa shape index (κ3) is 2.63. The summed E-state index contributed by atoms with van der Waals surface area (Å²) in [5.74, 6) is -2.28. The minimum absolute atomic E-state index is 0.155. The topological polar surface area (TPSA) is 91.8 Å². The van der Waals surface area contributed by atoms with Crippen molar-refractivity contribution in [2.45, 2.75) is 32.6 Å². The van der Waals surface area contributed by atoms with Crippen LogP contribution in [0.15, 0.2) is 52.6 Å². The van der Waals surface area contributed by atoms with Gasteiger partial charge >= 0.3 is 0 Å². The summed E-state index contributed by atoms with van der Waals surface area (Å²) < 4.78 is 0. The van der Waals surface area contributed by atoms with Crippen LogP contribution in [0.4, 0.5) is 0 Å². The number of aryl methyl sites for hydroxylation is 1. The third-order valence-electron chi connectivity index (χ3n) is 7.34. The highest BCUT2D eigenvalue weighted by Crippen LogP contribution is 2.55. The van der Waals surface area contributed by atoms with E-state index in [9.17, 15) is 24.3 Å². The molecular weight excluding hydrogens is 394 g/mol. The molecule has 2 amide bonds. The van der Waals surface area contributed by atoms with Gasteiger partial charge < -0.3 is 5.11 Å². The van der Waals surface area contributed by atoms with Crippen molar-refractivity contribution in [1.82, 2.24) is 4.90 Å². The van der Waals surface area contributed by atoms with Crippen molar-refractivity contribution in [3.05, 3.63) is 63.8 Å². The number of amides is 2. The molecule has 4 unspecified atom stereocenters. The zero-order valence-electron chi connectivity index (χ0n) is 17.6. The van der Waals surface area contributed by atoms with Crippen LogP contribution in [0.1, 0.15) is 36.8 Å². The maximum atomic E-state index is 13.2. The van der Waals surface area contributed by atoms with Crippen LogP contribution in [0.3, 0.4) is 0 Å². The molecule has 6 heteroatoms. The van der Waals surface area contributed by atoms with Gasteiger partial charge in [-0.05, 0) is 55.9 Å². The van der Waals surface area contributed by atoms with Crippen LogP contribution in [-0.2, 0) is 19.2 Å². The molecule has 5 rings (SSSR count). The van der Waals surface area contributed by atoms with Gasteiger partial charge in [0.05, 0.1) is 11.8 Å². The number of hydrogen-bond acceptors (Lipinski definition) is 5. The number of fused-ring (bicyclic) bond motifs is 3. The van der Waals surface area contributed by atoms with Gasteiger partial charge in [-0.2, -0.15) is 0 Å². The van der Waals surface area contributed by atoms with E-state index in [2.05, 4.69) is 0 Å². The number of likely N-dealkylation sites (tertiary alicyclic amines) is 1. The van der Waals surface area contributed by atoms with Crippen LogP contribution in [0, 0.1) is 24.7 Å². The van der Waals surface area contributed by atoms with E-state index in [0.717, 1.165) is 11.1 Å². The molecule has 0 spiro atoms. The Kier molecular flexibility index (Phi) is 4.19. The molecule has 4 atom stereocenters. The smallest absolute Gasteiger partial charge is 0.233 e. The molecule has 0 saturated carbocycles. The molecule has 158 valence electrons. The number of carbonyl (C=O) groups excluding carboxylic acids is 4. The number of imide groups is 1. The normalized spacial score (nSPS) is 30.1. The second kappa shape index (κ2) is 6.61. The number of aromatic hydroxyl groups is 1. The molecule has 1 N–H and O–H groups in total. The van der Waals surface area contributed by atoms with E-state index in [-0.39, 0.29) is 41.5 Å². The number of phenolic OH excluding ortho intramolecular Hbond substituents is 1. The van der Waals surface area contributed by atoms with Crippen LogP contribution < -0.4 is 0 Å². The number of nitrogens with zero attached hydrogens (tertiary/aromatic N) is 1. The fourth-order valence-corrected chi connectivity index (χ4v) is 5.76. The highest BCUT2D eigenvalue weighted by Gasteiger charge is 2.55. The molecule has 0 bridgehead atoms. The first-order valence-electron chi connectivity index (χ1n) is 10.5. The largest absolute Gasteiger partial charge is 0.508 e. The zero-order chi connectivity index (χ0) is 22.2. The molecule has 1 fully saturated rings. The maximum absolute atomic E-state index is 13.2. The number of hydrogen-bond donors (Lipinski definition) is 1. The zero-order valence-corrected chi connectivity index (χ0v) is 17.6. The molecule has 1 saturated heterocycles. The van der Waals surface area contributed by atoms with Crippen molar-refractivity contribution in [2.24, 2.45) is 17.8 Å². The van der Waals surface area contributed by atoms with Gasteiger partial charge in [0, 0.05) is 29.7 Å².